The van der Waals surface area contributed by atoms with Gasteiger partial charge in [-0.1, -0.05) is 36.9 Å². The lowest BCUT2D eigenvalue weighted by Crippen LogP contribution is -2.28. The second kappa shape index (κ2) is 6.20. The molecule has 1 aliphatic heterocycles. The summed E-state index contributed by atoms with van der Waals surface area (Å²) in [5.41, 5.74) is 6.06. The molecule has 0 spiro atoms. The summed E-state index contributed by atoms with van der Waals surface area (Å²) in [6.45, 7) is 7.16. The second-order valence-electron chi connectivity index (χ2n) is 4.28. The molecule has 0 aliphatic carbocycles. The molecule has 1 heterocycles. The molecule has 0 aromatic heterocycles. The van der Waals surface area contributed by atoms with Crippen LogP contribution in [-0.2, 0) is 16.1 Å². The molecule has 4 heteroatoms. The monoisotopic (exact) mass is 258 g/mol. The summed E-state index contributed by atoms with van der Waals surface area (Å²) in [6, 6.07) is 8.15. The van der Waals surface area contributed by atoms with Gasteiger partial charge in [0.1, 0.15) is 0 Å². The molecule has 1 aromatic rings. The van der Waals surface area contributed by atoms with Crippen molar-refractivity contribution in [2.75, 3.05) is 13.2 Å². The van der Waals surface area contributed by atoms with Crippen molar-refractivity contribution >= 4 is 12.0 Å². The highest BCUT2D eigenvalue weighted by Crippen LogP contribution is 2.12. The molecule has 4 nitrogen and oxygen atoms in total. The van der Waals surface area contributed by atoms with Crippen LogP contribution >= 0.6 is 0 Å². The van der Waals surface area contributed by atoms with Crippen molar-refractivity contribution in [3.8, 4) is 0 Å². The number of nitrogens with one attached hydrogen (secondary N) is 1. The zero-order valence-electron chi connectivity index (χ0n) is 11.1. The van der Waals surface area contributed by atoms with Gasteiger partial charge >= 0.3 is 5.97 Å². The van der Waals surface area contributed by atoms with E-state index in [1.165, 1.54) is 5.56 Å². The number of rotatable bonds is 5. The van der Waals surface area contributed by atoms with Gasteiger partial charge in [-0.25, -0.2) is 10.2 Å². The Hall–Kier alpha value is -2.07. The van der Waals surface area contributed by atoms with Crippen LogP contribution in [-0.4, -0.2) is 24.1 Å². The molecule has 0 amide bonds. The van der Waals surface area contributed by atoms with E-state index < -0.39 is 0 Å². The van der Waals surface area contributed by atoms with Crippen molar-refractivity contribution in [2.24, 2.45) is 0 Å². The minimum atomic E-state index is -0.250. The van der Waals surface area contributed by atoms with Crippen LogP contribution in [0.5, 0.6) is 0 Å². The molecule has 1 aliphatic rings. The Morgan fingerprint density at radius 2 is 2.21 bits per heavy atom. The lowest BCUT2D eigenvalue weighted by molar-refractivity contribution is -0.138. The Labute approximate surface area is 113 Å². The van der Waals surface area contributed by atoms with Gasteiger partial charge in [-0.15, -0.1) is 0 Å². The van der Waals surface area contributed by atoms with E-state index in [1.54, 1.807) is 13.1 Å². The summed E-state index contributed by atoms with van der Waals surface area (Å²) in [4.78, 5) is 11.6. The van der Waals surface area contributed by atoms with Crippen molar-refractivity contribution in [3.05, 3.63) is 53.7 Å². The third-order valence-electron chi connectivity index (χ3n) is 2.89. The highest BCUT2D eigenvalue weighted by Gasteiger charge is 2.18. The molecule has 2 rings (SSSR count). The van der Waals surface area contributed by atoms with Gasteiger partial charge in [0.2, 0.25) is 0 Å². The number of ether oxygens (including phenoxy) is 1. The maximum atomic E-state index is 11.6. The van der Waals surface area contributed by atoms with Crippen LogP contribution in [0.1, 0.15) is 18.1 Å². The van der Waals surface area contributed by atoms with Crippen molar-refractivity contribution in [2.45, 2.75) is 13.5 Å². The Kier molecular flexibility index (Phi) is 4.36. The molecule has 0 radical (unpaired) electrons. The lowest BCUT2D eigenvalue weighted by Gasteiger charge is -2.15. The number of hydrogen-bond donors (Lipinski definition) is 1. The van der Waals surface area contributed by atoms with Crippen molar-refractivity contribution < 1.29 is 9.53 Å². The first kappa shape index (κ1) is 13.4. The fourth-order valence-corrected chi connectivity index (χ4v) is 1.87. The fourth-order valence-electron chi connectivity index (χ4n) is 1.87. The number of carbonyl (C=O) groups is 1. The molecular weight excluding hydrogens is 240 g/mol. The minimum Gasteiger partial charge on any atom is -0.463 e. The van der Waals surface area contributed by atoms with E-state index in [-0.39, 0.29) is 5.97 Å². The number of carbonyl (C=O) groups excluding carboxylic acids is 1. The second-order valence-corrected chi connectivity index (χ2v) is 4.28. The zero-order chi connectivity index (χ0) is 13.7. The van der Waals surface area contributed by atoms with Crippen LogP contribution in [0.4, 0.5) is 0 Å². The summed E-state index contributed by atoms with van der Waals surface area (Å²) < 4.78 is 4.97. The normalized spacial score (nSPS) is 14.2. The molecule has 0 atom stereocenters. The van der Waals surface area contributed by atoms with Gasteiger partial charge in [-0.3, -0.25) is 0 Å². The zero-order valence-corrected chi connectivity index (χ0v) is 11.1. The SMILES string of the molecule is C=Cc1ccc(CN2C=C(C(=O)OCC)CN2)cc1. The first-order chi connectivity index (χ1) is 9.22. The number of hydrogen-bond acceptors (Lipinski definition) is 4. The van der Waals surface area contributed by atoms with Crippen LogP contribution in [0.3, 0.4) is 0 Å². The van der Waals surface area contributed by atoms with Crippen molar-refractivity contribution in [3.63, 3.8) is 0 Å². The first-order valence-corrected chi connectivity index (χ1v) is 6.32. The van der Waals surface area contributed by atoms with E-state index in [2.05, 4.69) is 24.1 Å². The topological polar surface area (TPSA) is 41.6 Å². The molecule has 0 saturated heterocycles. The first-order valence-electron chi connectivity index (χ1n) is 6.32. The van der Waals surface area contributed by atoms with Crippen molar-refractivity contribution in [1.82, 2.24) is 10.4 Å². The van der Waals surface area contributed by atoms with Crippen LogP contribution in [0.25, 0.3) is 6.08 Å². The standard InChI is InChI=1S/C15H18N2O2/c1-3-12-5-7-13(8-6-12)10-17-11-14(9-16-17)15(18)19-4-2/h3,5-8,11,16H,1,4,9-10H2,2H3. The van der Waals surface area contributed by atoms with Gasteiger partial charge < -0.3 is 9.75 Å². The summed E-state index contributed by atoms with van der Waals surface area (Å²) in [5.74, 6) is -0.250. The Morgan fingerprint density at radius 3 is 2.84 bits per heavy atom. The third-order valence-corrected chi connectivity index (χ3v) is 2.89. The number of benzene rings is 1. The Bertz CT molecular complexity index is 491. The van der Waals surface area contributed by atoms with Gasteiger partial charge in [0.25, 0.3) is 0 Å². The molecule has 0 fully saturated rings. The van der Waals surface area contributed by atoms with Crippen LogP contribution in [0.2, 0.25) is 0 Å². The van der Waals surface area contributed by atoms with Crippen LogP contribution in [0.15, 0.2) is 42.6 Å². The number of hydrazine groups is 1. The van der Waals surface area contributed by atoms with Gasteiger partial charge in [-0.05, 0) is 18.1 Å². The summed E-state index contributed by atoms with van der Waals surface area (Å²) in [6.07, 6.45) is 3.62. The summed E-state index contributed by atoms with van der Waals surface area (Å²) in [7, 11) is 0. The Morgan fingerprint density at radius 1 is 1.47 bits per heavy atom. The molecule has 0 bridgehead atoms. The van der Waals surface area contributed by atoms with E-state index in [0.29, 0.717) is 25.3 Å². The van der Waals surface area contributed by atoms with E-state index in [0.717, 1.165) is 5.56 Å². The summed E-state index contributed by atoms with van der Waals surface area (Å²) in [5, 5.41) is 1.90. The lowest BCUT2D eigenvalue weighted by atomic mass is 10.1. The number of nitrogens with zero attached hydrogens (tertiary/aromatic N) is 1. The van der Waals surface area contributed by atoms with E-state index in [9.17, 15) is 4.79 Å². The molecule has 1 N–H and O–H groups in total. The molecule has 0 saturated carbocycles. The quantitative estimate of drug-likeness (QED) is 0.821. The number of esters is 1. The van der Waals surface area contributed by atoms with Gasteiger partial charge in [0, 0.05) is 12.7 Å². The predicted octanol–water partition coefficient (Wildman–Crippen LogP) is 2.10. The minimum absolute atomic E-state index is 0.250. The molecule has 0 unspecified atom stereocenters. The highest BCUT2D eigenvalue weighted by molar-refractivity contribution is 5.89. The van der Waals surface area contributed by atoms with Gasteiger partial charge in [0.05, 0.1) is 18.7 Å². The molecular formula is C15H18N2O2. The van der Waals surface area contributed by atoms with E-state index in [4.69, 9.17) is 4.74 Å². The molecule has 1 aromatic carbocycles. The maximum Gasteiger partial charge on any atom is 0.336 e. The average molecular weight is 258 g/mol. The third kappa shape index (κ3) is 3.45. The fraction of sp³-hybridized carbons (Fsp3) is 0.267. The van der Waals surface area contributed by atoms with Crippen LogP contribution < -0.4 is 5.43 Å². The smallest absolute Gasteiger partial charge is 0.336 e. The molecule has 19 heavy (non-hydrogen) atoms. The molecule has 100 valence electrons. The predicted molar refractivity (Wildman–Crippen MR) is 74.8 cm³/mol. The van der Waals surface area contributed by atoms with Crippen molar-refractivity contribution in [1.29, 1.82) is 0 Å². The van der Waals surface area contributed by atoms with Crippen LogP contribution in [0, 0.1) is 0 Å². The van der Waals surface area contributed by atoms with E-state index in [1.807, 2.05) is 23.2 Å². The Balaban J connectivity index is 1.96. The van der Waals surface area contributed by atoms with Gasteiger partial charge in [-0.2, -0.15) is 0 Å². The van der Waals surface area contributed by atoms with Gasteiger partial charge in [0.15, 0.2) is 0 Å². The average Bonchev–Trinajstić information content (AvgIpc) is 2.88. The van der Waals surface area contributed by atoms with E-state index >= 15 is 0 Å². The summed E-state index contributed by atoms with van der Waals surface area (Å²) >= 11 is 0. The maximum absolute atomic E-state index is 11.6. The largest absolute Gasteiger partial charge is 0.463 e. The highest BCUT2D eigenvalue weighted by atomic mass is 16.5.